The first-order valence-corrected chi connectivity index (χ1v) is 12.8. The number of hydrogen-bond donors (Lipinski definition) is 3. The quantitative estimate of drug-likeness (QED) is 0.342. The Kier molecular flexibility index (Phi) is 8.57. The molecule has 10 heteroatoms. The Labute approximate surface area is 225 Å². The van der Waals surface area contributed by atoms with E-state index in [9.17, 15) is 34.1 Å². The van der Waals surface area contributed by atoms with Gasteiger partial charge >= 0.3 is 6.09 Å². The zero-order valence-electron chi connectivity index (χ0n) is 21.7. The third-order valence-corrected chi connectivity index (χ3v) is 7.52. The van der Waals surface area contributed by atoms with Crippen molar-refractivity contribution in [2.75, 3.05) is 13.7 Å². The van der Waals surface area contributed by atoms with Crippen molar-refractivity contribution in [1.82, 2.24) is 9.88 Å². The number of phenols is 1. The van der Waals surface area contributed by atoms with E-state index >= 15 is 0 Å². The average Bonchev–Trinajstić information content (AvgIpc) is 3.20. The van der Waals surface area contributed by atoms with Crippen molar-refractivity contribution in [1.29, 1.82) is 0 Å². The zero-order valence-corrected chi connectivity index (χ0v) is 21.7. The van der Waals surface area contributed by atoms with Crippen LogP contribution in [0.15, 0.2) is 53.7 Å². The number of benzene rings is 1. The number of rotatable bonds is 8. The molecule has 1 aromatic heterocycles. The van der Waals surface area contributed by atoms with Crippen LogP contribution in [-0.2, 0) is 14.3 Å². The van der Waals surface area contributed by atoms with E-state index in [-0.39, 0.29) is 12.8 Å². The number of allylic oxidation sites excluding steroid dienone is 2. The summed E-state index contributed by atoms with van der Waals surface area (Å²) in [6.07, 6.45) is 2.41. The summed E-state index contributed by atoms with van der Waals surface area (Å²) in [5.41, 5.74) is 3.10. The second kappa shape index (κ2) is 11.9. The van der Waals surface area contributed by atoms with Crippen LogP contribution in [0.4, 0.5) is 9.18 Å². The number of ether oxygens (including phenoxy) is 1. The van der Waals surface area contributed by atoms with Crippen LogP contribution in [0.25, 0.3) is 11.6 Å². The van der Waals surface area contributed by atoms with E-state index in [1.54, 1.807) is 36.5 Å². The third-order valence-electron chi connectivity index (χ3n) is 7.52. The Hall–Kier alpha value is -3.89. The number of aliphatic hydroxyl groups is 2. The number of methoxy groups -OCH3 is 1. The van der Waals surface area contributed by atoms with E-state index in [4.69, 9.17) is 0 Å². The Balaban J connectivity index is 1.63. The predicted molar refractivity (Wildman–Crippen MR) is 139 cm³/mol. The Morgan fingerprint density at radius 1 is 1.26 bits per heavy atom. The van der Waals surface area contributed by atoms with Gasteiger partial charge in [0.1, 0.15) is 0 Å². The molecule has 39 heavy (non-hydrogen) atoms. The van der Waals surface area contributed by atoms with Crippen LogP contribution >= 0.6 is 0 Å². The lowest BCUT2D eigenvalue weighted by Crippen LogP contribution is -2.40. The highest BCUT2D eigenvalue weighted by molar-refractivity contribution is 6.16. The van der Waals surface area contributed by atoms with Gasteiger partial charge in [-0.15, -0.1) is 0 Å². The number of carbonyl (C=O) groups is 3. The number of carbonyl (C=O) groups excluding carboxylic acids is 3. The number of aromatic hydroxyl groups is 1. The maximum atomic E-state index is 14.0. The highest BCUT2D eigenvalue weighted by atomic mass is 19.1. The number of likely N-dealkylation sites (tertiary alicyclic amines) is 1. The molecule has 0 radical (unpaired) electrons. The number of fused-ring (bicyclic) bond motifs is 1. The molecule has 1 aromatic carbocycles. The molecule has 0 bridgehead atoms. The first kappa shape index (κ1) is 28.1. The number of halogens is 1. The van der Waals surface area contributed by atoms with Gasteiger partial charge in [0.05, 0.1) is 37.4 Å². The van der Waals surface area contributed by atoms with Crippen molar-refractivity contribution in [2.24, 2.45) is 17.8 Å². The van der Waals surface area contributed by atoms with Crippen LogP contribution in [-0.4, -0.2) is 62.9 Å². The number of aromatic nitrogens is 1. The number of phenolic OH excluding ortho intramolecular Hbond substituents is 1. The van der Waals surface area contributed by atoms with Crippen LogP contribution in [0.5, 0.6) is 5.75 Å². The minimum absolute atomic E-state index is 0.192. The monoisotopic (exact) mass is 538 g/mol. The van der Waals surface area contributed by atoms with Crippen LogP contribution in [0.2, 0.25) is 0 Å². The fourth-order valence-electron chi connectivity index (χ4n) is 5.66. The van der Waals surface area contributed by atoms with E-state index in [0.29, 0.717) is 40.1 Å². The van der Waals surface area contributed by atoms with Crippen molar-refractivity contribution in [3.05, 3.63) is 70.8 Å². The van der Waals surface area contributed by atoms with Gasteiger partial charge in [-0.25, -0.2) is 9.18 Å². The third kappa shape index (κ3) is 5.48. The molecule has 1 aliphatic heterocycles. The lowest BCUT2D eigenvalue weighted by Gasteiger charge is -2.36. The molecule has 1 saturated heterocycles. The predicted octanol–water partition coefficient (Wildman–Crippen LogP) is 3.69. The molecule has 9 nitrogen and oxygen atoms in total. The summed E-state index contributed by atoms with van der Waals surface area (Å²) in [5, 5.41) is 31.3. The van der Waals surface area contributed by atoms with E-state index in [2.05, 4.69) is 9.72 Å². The van der Waals surface area contributed by atoms with E-state index in [1.807, 2.05) is 6.92 Å². The smallest absolute Gasteiger partial charge is 0.423 e. The zero-order chi connectivity index (χ0) is 28.3. The van der Waals surface area contributed by atoms with Gasteiger partial charge in [0.25, 0.3) is 0 Å². The maximum absolute atomic E-state index is 14.0. The standard InChI is InChI=1S/C29H31FN2O7/c1-3-17-14-19-26(28(37)32(27(19)36)29(38)39-2)20(15-33)25(17)24(35)10-8-18(22-6-4-5-11-31-22)12-16-7-9-23(34)21(30)13-16/h4-7,9,11-13,19-20,24,26,33-35H,3,8,10,14-15H2,1-2H3/b18-12-/t19-,20+,24-,26-/m1/s1. The van der Waals surface area contributed by atoms with Gasteiger partial charge < -0.3 is 20.1 Å². The molecule has 1 fully saturated rings. The summed E-state index contributed by atoms with van der Waals surface area (Å²) in [5.74, 6) is -5.25. The van der Waals surface area contributed by atoms with E-state index in [0.717, 1.165) is 12.7 Å². The lowest BCUT2D eigenvalue weighted by atomic mass is 9.67. The molecule has 3 amide bonds. The number of imide groups is 3. The summed E-state index contributed by atoms with van der Waals surface area (Å²) < 4.78 is 18.6. The molecule has 0 unspecified atom stereocenters. The second-order valence-corrected chi connectivity index (χ2v) is 9.67. The van der Waals surface area contributed by atoms with Crippen molar-refractivity contribution < 1.29 is 38.8 Å². The van der Waals surface area contributed by atoms with Crippen LogP contribution in [0.1, 0.15) is 43.9 Å². The summed E-state index contributed by atoms with van der Waals surface area (Å²) in [7, 11) is 1.08. The topological polar surface area (TPSA) is 137 Å². The summed E-state index contributed by atoms with van der Waals surface area (Å²) in [6.45, 7) is 1.38. The Bertz CT molecular complexity index is 1320. The van der Waals surface area contributed by atoms with Crippen LogP contribution in [0.3, 0.4) is 0 Å². The number of hydrogen-bond acceptors (Lipinski definition) is 8. The van der Waals surface area contributed by atoms with Gasteiger partial charge in [-0.1, -0.05) is 24.6 Å². The minimum atomic E-state index is -1.06. The van der Waals surface area contributed by atoms with E-state index < -0.39 is 59.9 Å². The Morgan fingerprint density at radius 2 is 2.03 bits per heavy atom. The van der Waals surface area contributed by atoms with Crippen molar-refractivity contribution >= 4 is 29.6 Å². The highest BCUT2D eigenvalue weighted by Gasteiger charge is 2.56. The van der Waals surface area contributed by atoms with Crippen LogP contribution in [0, 0.1) is 23.6 Å². The molecule has 2 aliphatic rings. The average molecular weight is 539 g/mol. The maximum Gasteiger partial charge on any atom is 0.423 e. The van der Waals surface area contributed by atoms with Gasteiger partial charge in [-0.2, -0.15) is 4.90 Å². The summed E-state index contributed by atoms with van der Waals surface area (Å²) in [6, 6.07) is 9.38. The van der Waals surface area contributed by atoms with Crippen molar-refractivity contribution in [3.63, 3.8) is 0 Å². The molecule has 4 rings (SSSR count). The SMILES string of the molecule is CCC1=C([C@H](O)CC/C(=C/c2ccc(O)c(F)c2)c2ccccn2)[C@H](CO)[C@@H]2C(=O)N(C(=O)OC)C(=O)[C@@H]2C1. The van der Waals surface area contributed by atoms with Gasteiger partial charge in [-0.05, 0) is 72.7 Å². The first-order valence-electron chi connectivity index (χ1n) is 12.8. The number of amides is 3. The Morgan fingerprint density at radius 3 is 2.64 bits per heavy atom. The molecular formula is C29H31FN2O7. The van der Waals surface area contributed by atoms with Crippen molar-refractivity contribution in [2.45, 2.75) is 38.7 Å². The molecular weight excluding hydrogens is 507 g/mol. The van der Waals surface area contributed by atoms with Crippen molar-refractivity contribution in [3.8, 4) is 5.75 Å². The molecule has 2 aromatic rings. The molecule has 2 heterocycles. The molecule has 1 aliphatic carbocycles. The fraction of sp³-hybridized carbons (Fsp3) is 0.379. The summed E-state index contributed by atoms with van der Waals surface area (Å²) >= 11 is 0. The van der Waals surface area contributed by atoms with Gasteiger partial charge in [0, 0.05) is 12.1 Å². The second-order valence-electron chi connectivity index (χ2n) is 9.67. The highest BCUT2D eigenvalue weighted by Crippen LogP contribution is 2.47. The van der Waals surface area contributed by atoms with E-state index in [1.165, 1.54) is 12.1 Å². The molecule has 206 valence electrons. The van der Waals surface area contributed by atoms with Gasteiger partial charge in [0.15, 0.2) is 11.6 Å². The number of nitrogens with zero attached hydrogens (tertiary/aromatic N) is 2. The first-order chi connectivity index (χ1) is 18.7. The minimum Gasteiger partial charge on any atom is -0.505 e. The summed E-state index contributed by atoms with van der Waals surface area (Å²) in [4.78, 5) is 43.0. The normalized spacial score (nSPS) is 22.2. The molecule has 0 spiro atoms. The molecule has 0 saturated carbocycles. The number of pyridine rings is 1. The lowest BCUT2D eigenvalue weighted by molar-refractivity contribution is -0.137. The molecule has 4 atom stereocenters. The van der Waals surface area contributed by atoms with Gasteiger partial charge in [0.2, 0.25) is 11.8 Å². The number of aliphatic hydroxyl groups excluding tert-OH is 2. The fourth-order valence-corrected chi connectivity index (χ4v) is 5.66. The van der Waals surface area contributed by atoms with Gasteiger partial charge in [-0.3, -0.25) is 14.6 Å². The molecule has 3 N–H and O–H groups in total. The van der Waals surface area contributed by atoms with Crippen LogP contribution < -0.4 is 0 Å². The largest absolute Gasteiger partial charge is 0.505 e.